The van der Waals surface area contributed by atoms with Gasteiger partial charge in [0.1, 0.15) is 17.2 Å². The molecule has 0 aliphatic carbocycles. The molecule has 640 valence electrons. The summed E-state index contributed by atoms with van der Waals surface area (Å²) >= 11 is 19.0. The predicted molar refractivity (Wildman–Crippen MR) is 472 cm³/mol. The summed E-state index contributed by atoms with van der Waals surface area (Å²) in [6.45, 7) is 20.8. The van der Waals surface area contributed by atoms with Crippen molar-refractivity contribution in [3.8, 4) is 17.2 Å². The van der Waals surface area contributed by atoms with Gasteiger partial charge in [-0.05, 0) is 235 Å². The van der Waals surface area contributed by atoms with E-state index in [9.17, 15) is 37.2 Å². The third-order valence-corrected chi connectivity index (χ3v) is 27.6. The summed E-state index contributed by atoms with van der Waals surface area (Å²) in [5.41, 5.74) is 8.53. The number of benzene rings is 7. The number of piperidine rings is 5. The Morgan fingerprint density at radius 3 is 1.12 bits per heavy atom. The van der Waals surface area contributed by atoms with Gasteiger partial charge in [0.25, 0.3) is 35.4 Å². The molecule has 0 aromatic heterocycles. The van der Waals surface area contributed by atoms with Crippen LogP contribution in [0.1, 0.15) is 142 Å². The molecule has 0 spiro atoms. The van der Waals surface area contributed by atoms with Crippen molar-refractivity contribution in [2.75, 3.05) is 198 Å². The number of fused-ring (bicyclic) bond motifs is 3. The van der Waals surface area contributed by atoms with E-state index in [1.54, 1.807) is 10.4 Å². The number of amides is 6. The molecule has 9 aliphatic heterocycles. The maximum Gasteiger partial charge on any atom is 0.265 e. The van der Waals surface area contributed by atoms with Gasteiger partial charge in [-0.15, -0.1) is 0 Å². The summed E-state index contributed by atoms with van der Waals surface area (Å²) in [4.78, 5) is 94.8. The number of nitrogens with one attached hydrogen (secondary N) is 4. The predicted octanol–water partition coefficient (Wildman–Crippen LogP) is 11.7. The van der Waals surface area contributed by atoms with Crippen LogP contribution in [-0.2, 0) is 30.2 Å². The Labute approximate surface area is 721 Å². The lowest BCUT2D eigenvalue weighted by atomic mass is 9.86. The average Bonchev–Trinajstić information content (AvgIpc) is 0.789. The summed E-state index contributed by atoms with van der Waals surface area (Å²) in [5.74, 6) is 3.14. The molecule has 6 fully saturated rings. The van der Waals surface area contributed by atoms with Gasteiger partial charge in [0, 0.05) is 143 Å². The van der Waals surface area contributed by atoms with Crippen molar-refractivity contribution in [2.24, 2.45) is 5.92 Å². The van der Waals surface area contributed by atoms with Crippen molar-refractivity contribution < 1.29 is 51.4 Å². The van der Waals surface area contributed by atoms with Gasteiger partial charge < -0.3 is 69.8 Å². The molecule has 7 aromatic carbocycles. The van der Waals surface area contributed by atoms with E-state index >= 15 is 0 Å². The zero-order chi connectivity index (χ0) is 83.3. The van der Waals surface area contributed by atoms with Crippen LogP contribution >= 0.6 is 34.8 Å². The van der Waals surface area contributed by atoms with Crippen LogP contribution in [0.4, 0.5) is 17.1 Å². The molecule has 0 atom stereocenters. The number of anilines is 3. The summed E-state index contributed by atoms with van der Waals surface area (Å²) in [7, 11) is -3.38. The fourth-order valence-corrected chi connectivity index (χ4v) is 20.2. The number of hydrogen-bond acceptors (Lipinski definition) is 17. The molecular formula is C92H114Cl3N13O11S. The van der Waals surface area contributed by atoms with E-state index in [-0.39, 0.29) is 72.9 Å². The Bertz CT molecular complexity index is 4590. The lowest BCUT2D eigenvalue weighted by Crippen LogP contribution is -2.46. The fourth-order valence-electron chi connectivity index (χ4n) is 18.1. The first kappa shape index (κ1) is 87.6. The summed E-state index contributed by atoms with van der Waals surface area (Å²) in [6.07, 6.45) is 10.9. The molecule has 6 saturated heterocycles. The Morgan fingerprint density at radius 2 is 0.733 bits per heavy atom. The number of para-hydroxylation sites is 6. The Kier molecular flexibility index (Phi) is 31.3. The third-order valence-electron chi connectivity index (χ3n) is 25.0. The number of ether oxygens (including phenoxy) is 3. The van der Waals surface area contributed by atoms with Gasteiger partial charge in [0.05, 0.1) is 22.8 Å². The van der Waals surface area contributed by atoms with E-state index in [2.05, 4.69) is 45.8 Å². The number of halogens is 3. The molecule has 6 amide bonds. The molecule has 24 nitrogen and oxygen atoms in total. The second-order valence-electron chi connectivity index (χ2n) is 32.7. The van der Waals surface area contributed by atoms with E-state index in [1.807, 2.05) is 166 Å². The lowest BCUT2D eigenvalue weighted by molar-refractivity contribution is -0.122. The van der Waals surface area contributed by atoms with Crippen molar-refractivity contribution in [2.45, 2.75) is 94.1 Å². The Balaban J connectivity index is 0.000000149. The van der Waals surface area contributed by atoms with Gasteiger partial charge in [0.15, 0.2) is 19.8 Å². The molecule has 9 heterocycles. The molecule has 9 aliphatic rings. The van der Waals surface area contributed by atoms with Crippen LogP contribution in [0.5, 0.6) is 17.2 Å². The molecule has 0 saturated carbocycles. The highest BCUT2D eigenvalue weighted by molar-refractivity contribution is 7.88. The van der Waals surface area contributed by atoms with Crippen LogP contribution in [0.2, 0.25) is 15.1 Å². The second kappa shape index (κ2) is 42.9. The Hall–Kier alpha value is -8.70. The fraction of sp³-hybridized carbons (Fsp3) is 0.478. The SMILES string of the molecule is O=C(NCC1CCN(S(=O)(=O)Cc2ccccc2)CC1)c1cc(Cl)ccc1C1CCN(CCN2C(=O)COc3ccccc32)CC1.O=C(NCCN1CCCCC1)c1cc(Cl)ccc1C1CCN(CCN2C(=O)COc3ccccc32)CC1.O=C(NCCN1CCNCC1)c1cc(Cl)ccc1C1CCN(CCN2C(=O)COc3ccccc32)CC1. The third kappa shape index (κ3) is 23.6. The van der Waals surface area contributed by atoms with E-state index < -0.39 is 10.0 Å². The normalized spacial score (nSPS) is 19.1. The molecular weight excluding hydrogens is 1600 g/mol. The summed E-state index contributed by atoms with van der Waals surface area (Å²) in [6, 6.07) is 49.4. The van der Waals surface area contributed by atoms with Crippen LogP contribution < -0.4 is 50.2 Å². The summed E-state index contributed by atoms with van der Waals surface area (Å²) in [5, 5.41) is 14.4. The molecule has 0 radical (unpaired) electrons. The lowest BCUT2D eigenvalue weighted by Gasteiger charge is -2.35. The highest BCUT2D eigenvalue weighted by Crippen LogP contribution is 2.39. The van der Waals surface area contributed by atoms with Crippen LogP contribution in [0, 0.1) is 5.92 Å². The largest absolute Gasteiger partial charge is 0.482 e. The zero-order valence-electron chi connectivity index (χ0n) is 68.7. The molecule has 16 rings (SSSR count). The second-order valence-corrected chi connectivity index (χ2v) is 36.0. The number of carbonyl (C=O) groups excluding carboxylic acids is 6. The minimum Gasteiger partial charge on any atom is -0.482 e. The first-order chi connectivity index (χ1) is 58.4. The van der Waals surface area contributed by atoms with Crippen molar-refractivity contribution in [3.05, 3.63) is 212 Å². The van der Waals surface area contributed by atoms with Crippen molar-refractivity contribution >= 4 is 97.3 Å². The van der Waals surface area contributed by atoms with Gasteiger partial charge in [-0.2, -0.15) is 0 Å². The average molecular weight is 1720 g/mol. The first-order valence-corrected chi connectivity index (χ1v) is 45.8. The van der Waals surface area contributed by atoms with Crippen LogP contribution in [-0.4, -0.2) is 256 Å². The maximum atomic E-state index is 13.5. The van der Waals surface area contributed by atoms with Crippen molar-refractivity contribution in [3.63, 3.8) is 0 Å². The van der Waals surface area contributed by atoms with Crippen molar-refractivity contribution in [1.29, 1.82) is 0 Å². The number of hydrogen-bond donors (Lipinski definition) is 4. The molecule has 120 heavy (non-hydrogen) atoms. The number of nitrogens with zero attached hydrogens (tertiary/aromatic N) is 9. The molecule has 0 unspecified atom stereocenters. The standard InChI is InChI=1S/C35H41ClN4O5S.C29H37ClN4O3.C28H36ClN5O3/c36-29-10-11-30(28-14-16-38(17-15-28)20-21-40-32-8-4-5-9-33(32)45-24-34(40)41)31(22-29)35(42)37-23-26-12-18-39(19-13-26)46(43,44)25-27-6-2-1-3-7-27;30-23-8-9-24(25(20-23)29(36)31-12-17-32-13-4-1-5-14-32)22-10-15-33(16-11-22)18-19-34-26-6-2-3-7-27(26)37-21-28(34)35;29-22-5-6-23(24(19-22)28(36)31-11-16-33-14-9-30-10-15-33)21-7-12-32(13-8-21)17-18-34-25-3-1-2-4-26(25)37-20-27(34)35/h1-11,22,26,28H,12-21,23-25H2,(H,37,42);2-3,6-9,20,22H,1,4-5,10-19,21H2,(H,31,36);1-6,19,21,30H,7-18,20H2,(H,31,36). The highest BCUT2D eigenvalue weighted by atomic mass is 35.5. The number of rotatable bonds is 26. The van der Waals surface area contributed by atoms with Gasteiger partial charge >= 0.3 is 0 Å². The zero-order valence-corrected chi connectivity index (χ0v) is 71.7. The highest BCUT2D eigenvalue weighted by Gasteiger charge is 2.35. The van der Waals surface area contributed by atoms with Gasteiger partial charge in [-0.25, -0.2) is 12.7 Å². The van der Waals surface area contributed by atoms with Gasteiger partial charge in [-0.3, -0.25) is 33.7 Å². The van der Waals surface area contributed by atoms with E-state index in [1.165, 1.54) is 19.3 Å². The van der Waals surface area contributed by atoms with Gasteiger partial charge in [0.2, 0.25) is 10.0 Å². The number of likely N-dealkylation sites (tertiary alicyclic amines) is 4. The number of carbonyl (C=O) groups is 6. The molecule has 28 heteroatoms. The van der Waals surface area contributed by atoms with Crippen LogP contribution in [0.15, 0.2) is 158 Å². The molecule has 0 bridgehead atoms. The minimum absolute atomic E-state index is 0.00218. The molecule has 4 N–H and O–H groups in total. The van der Waals surface area contributed by atoms with Gasteiger partial charge in [-0.1, -0.05) is 126 Å². The maximum absolute atomic E-state index is 13.5. The number of sulfonamides is 1. The number of piperazine rings is 1. The van der Waals surface area contributed by atoms with E-state index in [4.69, 9.17) is 49.0 Å². The van der Waals surface area contributed by atoms with Crippen LogP contribution in [0.25, 0.3) is 0 Å². The van der Waals surface area contributed by atoms with E-state index in [0.29, 0.717) is 109 Å². The minimum atomic E-state index is -3.38. The molecule has 7 aromatic rings. The summed E-state index contributed by atoms with van der Waals surface area (Å²) < 4.78 is 44.2. The Morgan fingerprint density at radius 1 is 0.383 bits per heavy atom. The van der Waals surface area contributed by atoms with Crippen LogP contribution in [0.3, 0.4) is 0 Å². The quantitative estimate of drug-likeness (QED) is 0.0394. The smallest absolute Gasteiger partial charge is 0.265 e. The first-order valence-electron chi connectivity index (χ1n) is 43.1. The topological polar surface area (TPSA) is 242 Å². The van der Waals surface area contributed by atoms with E-state index in [0.717, 1.165) is 206 Å². The van der Waals surface area contributed by atoms with Crippen molar-refractivity contribution in [1.82, 2.24) is 50.1 Å². The monoisotopic (exact) mass is 1710 g/mol.